The van der Waals surface area contributed by atoms with E-state index in [0.717, 1.165) is 11.3 Å². The van der Waals surface area contributed by atoms with Gasteiger partial charge in [0.05, 0.1) is 30.3 Å². The topological polar surface area (TPSA) is 84.9 Å². The van der Waals surface area contributed by atoms with Crippen LogP contribution < -0.4 is 5.32 Å². The Hall–Kier alpha value is -1.93. The number of rotatable bonds is 4. The average molecular weight is 340 g/mol. The van der Waals surface area contributed by atoms with Gasteiger partial charge in [-0.05, 0) is 19.4 Å². The summed E-state index contributed by atoms with van der Waals surface area (Å²) in [6, 6.07) is 0. The Balaban J connectivity index is 2.37. The monoisotopic (exact) mass is 340 g/mol. The Labute approximate surface area is 138 Å². The number of nitrogens with one attached hydrogen (secondary N) is 1. The number of thiophene rings is 1. The van der Waals surface area contributed by atoms with Crippen molar-refractivity contribution in [2.75, 3.05) is 38.2 Å². The third-order valence-corrected chi connectivity index (χ3v) is 4.60. The third-order valence-electron chi connectivity index (χ3n) is 3.41. The summed E-state index contributed by atoms with van der Waals surface area (Å²) in [5.74, 6) is -0.994. The fourth-order valence-corrected chi connectivity index (χ4v) is 3.53. The van der Waals surface area contributed by atoms with Gasteiger partial charge in [-0.1, -0.05) is 0 Å². The molecule has 0 saturated carbocycles. The Kier molecular flexibility index (Phi) is 5.73. The summed E-state index contributed by atoms with van der Waals surface area (Å²) in [7, 11) is 0. The van der Waals surface area contributed by atoms with Crippen molar-refractivity contribution in [3.8, 4) is 0 Å². The number of morpholine rings is 1. The summed E-state index contributed by atoms with van der Waals surface area (Å²) in [6.07, 6.45) is 0. The minimum Gasteiger partial charge on any atom is -0.462 e. The van der Waals surface area contributed by atoms with Crippen molar-refractivity contribution in [2.45, 2.75) is 20.8 Å². The molecule has 1 aliphatic rings. The minimum atomic E-state index is -0.536. The van der Waals surface area contributed by atoms with Gasteiger partial charge in [-0.3, -0.25) is 9.59 Å². The molecule has 2 heterocycles. The first-order valence-corrected chi connectivity index (χ1v) is 8.22. The number of hydrogen-bond donors (Lipinski definition) is 1. The van der Waals surface area contributed by atoms with E-state index in [0.29, 0.717) is 41.7 Å². The molecule has 0 aromatic carbocycles. The number of hydrogen-bond acceptors (Lipinski definition) is 6. The molecule has 2 amide bonds. The van der Waals surface area contributed by atoms with Crippen molar-refractivity contribution in [1.82, 2.24) is 4.90 Å². The Morgan fingerprint density at radius 1 is 1.30 bits per heavy atom. The lowest BCUT2D eigenvalue weighted by Crippen LogP contribution is -2.40. The van der Waals surface area contributed by atoms with E-state index in [1.807, 2.05) is 0 Å². The zero-order valence-electron chi connectivity index (χ0n) is 13.4. The summed E-state index contributed by atoms with van der Waals surface area (Å²) in [5, 5.41) is 2.97. The van der Waals surface area contributed by atoms with Crippen LogP contribution in [0.5, 0.6) is 0 Å². The number of anilines is 1. The van der Waals surface area contributed by atoms with Crippen molar-refractivity contribution >= 4 is 34.1 Å². The molecule has 23 heavy (non-hydrogen) atoms. The molecule has 7 nitrogen and oxygen atoms in total. The molecule has 0 radical (unpaired) electrons. The minimum absolute atomic E-state index is 0.155. The van der Waals surface area contributed by atoms with Crippen LogP contribution in [-0.2, 0) is 14.3 Å². The van der Waals surface area contributed by atoms with Gasteiger partial charge < -0.3 is 19.7 Å². The number of ether oxygens (including phenoxy) is 2. The summed E-state index contributed by atoms with van der Waals surface area (Å²) < 4.78 is 10.3. The molecule has 0 bridgehead atoms. The van der Waals surface area contributed by atoms with Crippen LogP contribution in [0.1, 0.15) is 39.4 Å². The second-order valence-electron chi connectivity index (χ2n) is 5.07. The Bertz CT molecular complexity index is 620. The number of esters is 1. The Morgan fingerprint density at radius 3 is 2.52 bits per heavy atom. The first-order chi connectivity index (χ1) is 11.0. The van der Waals surface area contributed by atoms with Crippen LogP contribution in [0.3, 0.4) is 0 Å². The molecule has 1 aliphatic heterocycles. The highest BCUT2D eigenvalue weighted by atomic mass is 32.1. The summed E-state index contributed by atoms with van der Waals surface area (Å²) in [4.78, 5) is 38.3. The van der Waals surface area contributed by atoms with Crippen LogP contribution in [0.2, 0.25) is 0 Å². The fraction of sp³-hybridized carbons (Fsp3) is 0.533. The van der Waals surface area contributed by atoms with Gasteiger partial charge >= 0.3 is 5.97 Å². The predicted octanol–water partition coefficient (Wildman–Crippen LogP) is 1.66. The molecule has 8 heteroatoms. The molecule has 1 saturated heterocycles. The molecule has 1 aromatic heterocycles. The Morgan fingerprint density at radius 2 is 1.96 bits per heavy atom. The van der Waals surface area contributed by atoms with Crippen molar-refractivity contribution in [3.05, 3.63) is 16.0 Å². The smallest absolute Gasteiger partial charge is 0.341 e. The normalized spacial score (nSPS) is 14.5. The van der Waals surface area contributed by atoms with Crippen molar-refractivity contribution in [1.29, 1.82) is 0 Å². The average Bonchev–Trinajstić information content (AvgIpc) is 2.83. The predicted molar refractivity (Wildman–Crippen MR) is 86.0 cm³/mol. The molecule has 1 aromatic rings. The summed E-state index contributed by atoms with van der Waals surface area (Å²) in [5.41, 5.74) is 0.789. The first kappa shape index (κ1) is 17.4. The molecule has 0 atom stereocenters. The maximum Gasteiger partial charge on any atom is 0.341 e. The number of carbonyl (C=O) groups is 3. The standard InChI is InChI=1S/C15H20N2O5S/c1-4-22-15(20)11-9(2)12(23-13(11)16-10(3)18)14(19)17-5-7-21-8-6-17/h4-8H2,1-3H3,(H,16,18). The van der Waals surface area contributed by atoms with E-state index in [4.69, 9.17) is 9.47 Å². The van der Waals surface area contributed by atoms with Crippen LogP contribution in [0.4, 0.5) is 5.00 Å². The van der Waals surface area contributed by atoms with Crippen molar-refractivity contribution < 1.29 is 23.9 Å². The van der Waals surface area contributed by atoms with Crippen LogP contribution in [0.25, 0.3) is 0 Å². The molecular weight excluding hydrogens is 320 g/mol. The molecule has 1 fully saturated rings. The van der Waals surface area contributed by atoms with E-state index in [9.17, 15) is 14.4 Å². The lowest BCUT2D eigenvalue weighted by molar-refractivity contribution is -0.114. The van der Waals surface area contributed by atoms with Gasteiger partial charge in [0, 0.05) is 20.0 Å². The molecule has 1 N–H and O–H groups in total. The molecule has 126 valence electrons. The zero-order valence-corrected chi connectivity index (χ0v) is 14.2. The quantitative estimate of drug-likeness (QED) is 0.843. The highest BCUT2D eigenvalue weighted by Crippen LogP contribution is 2.34. The van der Waals surface area contributed by atoms with Crippen molar-refractivity contribution in [2.24, 2.45) is 0 Å². The second-order valence-corrected chi connectivity index (χ2v) is 6.09. The molecule has 0 spiro atoms. The molecule has 0 unspecified atom stereocenters. The van der Waals surface area contributed by atoms with E-state index < -0.39 is 5.97 Å². The maximum atomic E-state index is 12.7. The largest absolute Gasteiger partial charge is 0.462 e. The van der Waals surface area contributed by atoms with Gasteiger partial charge in [0.1, 0.15) is 5.00 Å². The first-order valence-electron chi connectivity index (χ1n) is 7.40. The van der Waals surface area contributed by atoms with Crippen LogP contribution >= 0.6 is 11.3 Å². The highest BCUT2D eigenvalue weighted by molar-refractivity contribution is 7.18. The van der Waals surface area contributed by atoms with E-state index in [1.54, 1.807) is 18.7 Å². The van der Waals surface area contributed by atoms with E-state index in [1.165, 1.54) is 6.92 Å². The van der Waals surface area contributed by atoms with E-state index in [2.05, 4.69) is 5.32 Å². The SMILES string of the molecule is CCOC(=O)c1c(NC(C)=O)sc(C(=O)N2CCOCC2)c1C. The van der Waals surface area contributed by atoms with Gasteiger partial charge in [-0.2, -0.15) is 0 Å². The summed E-state index contributed by atoms with van der Waals surface area (Å²) >= 11 is 1.11. The number of amides is 2. The van der Waals surface area contributed by atoms with Gasteiger partial charge in [-0.15, -0.1) is 11.3 Å². The van der Waals surface area contributed by atoms with Gasteiger partial charge in [0.25, 0.3) is 5.91 Å². The van der Waals surface area contributed by atoms with Gasteiger partial charge in [0.2, 0.25) is 5.91 Å². The fourth-order valence-electron chi connectivity index (χ4n) is 2.32. The highest BCUT2D eigenvalue weighted by Gasteiger charge is 2.29. The molecule has 0 aliphatic carbocycles. The zero-order chi connectivity index (χ0) is 17.0. The van der Waals surface area contributed by atoms with Crippen LogP contribution in [0, 0.1) is 6.92 Å². The number of nitrogens with zero attached hydrogens (tertiary/aromatic N) is 1. The maximum absolute atomic E-state index is 12.7. The third kappa shape index (κ3) is 3.89. The number of carbonyl (C=O) groups excluding carboxylic acids is 3. The molecular formula is C15H20N2O5S. The van der Waals surface area contributed by atoms with Crippen molar-refractivity contribution in [3.63, 3.8) is 0 Å². The second kappa shape index (κ2) is 7.56. The van der Waals surface area contributed by atoms with Crippen LogP contribution in [-0.4, -0.2) is 55.6 Å². The van der Waals surface area contributed by atoms with Gasteiger partial charge in [-0.25, -0.2) is 4.79 Å². The van der Waals surface area contributed by atoms with Gasteiger partial charge in [0.15, 0.2) is 0 Å². The van der Waals surface area contributed by atoms with Crippen LogP contribution in [0.15, 0.2) is 0 Å². The van der Waals surface area contributed by atoms with E-state index in [-0.39, 0.29) is 24.0 Å². The molecule has 2 rings (SSSR count). The lowest BCUT2D eigenvalue weighted by atomic mass is 10.1. The lowest BCUT2D eigenvalue weighted by Gasteiger charge is -2.26. The van der Waals surface area contributed by atoms with E-state index >= 15 is 0 Å². The summed E-state index contributed by atoms with van der Waals surface area (Å²) in [6.45, 7) is 7.01.